The van der Waals surface area contributed by atoms with Crippen LogP contribution in [0, 0.1) is 17.1 Å². The zero-order chi connectivity index (χ0) is 20.8. The quantitative estimate of drug-likeness (QED) is 0.822. The van der Waals surface area contributed by atoms with E-state index in [9.17, 15) is 13.2 Å². The maximum Gasteiger partial charge on any atom is 0.310 e. The number of nitrogens with zero attached hydrogens (tertiary/aromatic N) is 3. The second-order valence-electron chi connectivity index (χ2n) is 7.33. The van der Waals surface area contributed by atoms with E-state index in [-0.39, 0.29) is 11.6 Å². The van der Waals surface area contributed by atoms with Crippen LogP contribution in [0.4, 0.5) is 18.9 Å². The molecule has 0 spiro atoms. The van der Waals surface area contributed by atoms with Gasteiger partial charge in [0.05, 0.1) is 17.3 Å². The van der Waals surface area contributed by atoms with Crippen LogP contribution in [0.2, 0.25) is 0 Å². The number of fused-ring (bicyclic) bond motifs is 1. The van der Waals surface area contributed by atoms with Gasteiger partial charge < -0.3 is 15.8 Å². The number of aliphatic imine (C=N–C) groups is 1. The predicted molar refractivity (Wildman–Crippen MR) is 99.9 cm³/mol. The summed E-state index contributed by atoms with van der Waals surface area (Å²) in [4.78, 5) is 8.09. The molecule has 2 heterocycles. The minimum Gasteiger partial charge on any atom is -0.459 e. The highest BCUT2D eigenvalue weighted by Crippen LogP contribution is 2.45. The van der Waals surface area contributed by atoms with Crippen molar-refractivity contribution in [3.05, 3.63) is 58.7 Å². The number of ether oxygens (including phenoxy) is 1. The summed E-state index contributed by atoms with van der Waals surface area (Å²) in [6, 6.07) is 7.21. The number of anilines is 1. The van der Waals surface area contributed by atoms with Crippen LogP contribution in [0.25, 0.3) is 0 Å². The lowest BCUT2D eigenvalue weighted by atomic mass is 9.85. The zero-order valence-electron chi connectivity index (χ0n) is 15.5. The van der Waals surface area contributed by atoms with E-state index in [1.165, 1.54) is 18.3 Å². The van der Waals surface area contributed by atoms with Crippen LogP contribution in [0.5, 0.6) is 0 Å². The second kappa shape index (κ2) is 6.65. The molecule has 0 bridgehead atoms. The molecule has 2 aliphatic rings. The molecule has 0 saturated heterocycles. The van der Waals surface area contributed by atoms with Gasteiger partial charge in [-0.2, -0.15) is 14.0 Å². The lowest BCUT2D eigenvalue weighted by molar-refractivity contribution is -0.117. The summed E-state index contributed by atoms with van der Waals surface area (Å²) >= 11 is 0. The molecule has 2 unspecified atom stereocenters. The molecule has 2 atom stereocenters. The summed E-state index contributed by atoms with van der Waals surface area (Å²) in [7, 11) is 0. The summed E-state index contributed by atoms with van der Waals surface area (Å²) in [5.41, 5.74) is 5.73. The van der Waals surface area contributed by atoms with Gasteiger partial charge in [0, 0.05) is 17.4 Å². The molecule has 9 heteroatoms. The molecule has 0 fully saturated rings. The number of halogens is 3. The van der Waals surface area contributed by atoms with Crippen molar-refractivity contribution in [2.45, 2.75) is 37.3 Å². The van der Waals surface area contributed by atoms with Crippen molar-refractivity contribution in [3.8, 4) is 6.07 Å². The first-order chi connectivity index (χ1) is 13.7. The molecule has 1 aromatic heterocycles. The highest BCUT2D eigenvalue weighted by Gasteiger charge is 2.56. The number of amidine groups is 1. The van der Waals surface area contributed by atoms with Crippen molar-refractivity contribution in [3.63, 3.8) is 0 Å². The Morgan fingerprint density at radius 2 is 2.14 bits per heavy atom. The minimum atomic E-state index is -3.44. The molecule has 150 valence electrons. The molecule has 0 amide bonds. The van der Waals surface area contributed by atoms with Crippen LogP contribution in [0.15, 0.2) is 35.5 Å². The Kier molecular flexibility index (Phi) is 4.37. The third-order valence-corrected chi connectivity index (χ3v) is 5.44. The molecular formula is C20H18F3N5O. The van der Waals surface area contributed by atoms with Gasteiger partial charge in [-0.3, -0.25) is 4.98 Å². The highest BCUT2D eigenvalue weighted by atomic mass is 19.3. The number of aryl methyl sites for hydroxylation is 1. The summed E-state index contributed by atoms with van der Waals surface area (Å²) in [5, 5.41) is 12.2. The summed E-state index contributed by atoms with van der Waals surface area (Å²) < 4.78 is 48.4. The molecule has 1 aromatic carbocycles. The molecule has 2 aromatic rings. The van der Waals surface area contributed by atoms with Gasteiger partial charge in [-0.25, -0.2) is 9.38 Å². The zero-order valence-corrected chi connectivity index (χ0v) is 15.5. The van der Waals surface area contributed by atoms with Crippen LogP contribution in [0.3, 0.4) is 0 Å². The minimum absolute atomic E-state index is 0.173. The van der Waals surface area contributed by atoms with Crippen LogP contribution in [0.1, 0.15) is 41.8 Å². The van der Waals surface area contributed by atoms with Crippen LogP contribution in [-0.2, 0) is 16.7 Å². The Hall–Kier alpha value is -3.28. The third kappa shape index (κ3) is 3.14. The summed E-state index contributed by atoms with van der Waals surface area (Å²) in [6.07, 6.45) is 2.95. The van der Waals surface area contributed by atoms with E-state index in [2.05, 4.69) is 26.1 Å². The summed E-state index contributed by atoms with van der Waals surface area (Å²) in [5.74, 6) is -4.25. The van der Waals surface area contributed by atoms with E-state index >= 15 is 0 Å². The lowest BCUT2D eigenvalue weighted by Crippen LogP contribution is -2.51. The van der Waals surface area contributed by atoms with Gasteiger partial charge in [-0.1, -0.05) is 0 Å². The second-order valence-corrected chi connectivity index (χ2v) is 7.33. The Labute approximate surface area is 165 Å². The van der Waals surface area contributed by atoms with E-state index in [0.717, 1.165) is 37.1 Å². The maximum atomic E-state index is 14.6. The van der Waals surface area contributed by atoms with E-state index in [1.54, 1.807) is 6.07 Å². The lowest BCUT2D eigenvalue weighted by Gasteiger charge is -2.37. The Balaban J connectivity index is 1.68. The van der Waals surface area contributed by atoms with Crippen molar-refractivity contribution in [1.82, 2.24) is 4.98 Å². The molecule has 29 heavy (non-hydrogen) atoms. The van der Waals surface area contributed by atoms with E-state index in [0.29, 0.717) is 11.3 Å². The fourth-order valence-electron chi connectivity index (χ4n) is 3.76. The number of nitrogens with one attached hydrogen (secondary N) is 1. The molecule has 3 N–H and O–H groups in total. The molecule has 4 rings (SSSR count). The standard InChI is InChI=1S/C20H18F3N5O/c1-19(20(22,23)10-29-18(25)28-19)14-7-13(3-4-15(14)21)27-16-5-2-12-6-11(8-24)9-26-17(12)16/h3-4,6-7,9,16,27H,2,5,10H2,1H3,(H2,25,28). The predicted octanol–water partition coefficient (Wildman–Crippen LogP) is 3.39. The number of nitrogens with two attached hydrogens (primary N) is 1. The largest absolute Gasteiger partial charge is 0.459 e. The normalized spacial score (nSPS) is 24.8. The van der Waals surface area contributed by atoms with Crippen molar-refractivity contribution in [2.75, 3.05) is 11.9 Å². The van der Waals surface area contributed by atoms with Crippen molar-refractivity contribution < 1.29 is 17.9 Å². The number of benzene rings is 1. The highest BCUT2D eigenvalue weighted by molar-refractivity contribution is 5.73. The Morgan fingerprint density at radius 3 is 2.90 bits per heavy atom. The van der Waals surface area contributed by atoms with Crippen molar-refractivity contribution >= 4 is 11.7 Å². The molecular weight excluding hydrogens is 383 g/mol. The maximum absolute atomic E-state index is 14.6. The van der Waals surface area contributed by atoms with E-state index in [1.807, 2.05) is 0 Å². The van der Waals surface area contributed by atoms with Gasteiger partial charge in [0.1, 0.15) is 11.9 Å². The monoisotopic (exact) mass is 401 g/mol. The first-order valence-electron chi connectivity index (χ1n) is 9.05. The van der Waals surface area contributed by atoms with Crippen molar-refractivity contribution in [2.24, 2.45) is 10.7 Å². The topological polar surface area (TPSA) is 96.3 Å². The van der Waals surface area contributed by atoms with Crippen LogP contribution in [-0.4, -0.2) is 23.5 Å². The average Bonchev–Trinajstić information content (AvgIpc) is 3.08. The molecule has 1 aliphatic heterocycles. The number of alkyl halides is 2. The number of hydrogen-bond donors (Lipinski definition) is 2. The average molecular weight is 401 g/mol. The Morgan fingerprint density at radius 1 is 1.34 bits per heavy atom. The van der Waals surface area contributed by atoms with E-state index < -0.39 is 29.9 Å². The third-order valence-electron chi connectivity index (χ3n) is 5.44. The van der Waals surface area contributed by atoms with Crippen LogP contribution < -0.4 is 11.1 Å². The molecule has 1 aliphatic carbocycles. The first-order valence-corrected chi connectivity index (χ1v) is 9.05. The van der Waals surface area contributed by atoms with Gasteiger partial charge in [-0.05, 0) is 49.6 Å². The molecule has 0 radical (unpaired) electrons. The number of pyridine rings is 1. The Bertz CT molecular complexity index is 1050. The first kappa shape index (κ1) is 19.1. The van der Waals surface area contributed by atoms with Crippen LogP contribution >= 0.6 is 0 Å². The number of hydrogen-bond acceptors (Lipinski definition) is 6. The van der Waals surface area contributed by atoms with Gasteiger partial charge in [0.25, 0.3) is 6.02 Å². The molecule has 6 nitrogen and oxygen atoms in total. The van der Waals surface area contributed by atoms with Gasteiger partial charge in [0.15, 0.2) is 12.1 Å². The smallest absolute Gasteiger partial charge is 0.310 e. The number of rotatable bonds is 3. The number of aromatic nitrogens is 1. The van der Waals surface area contributed by atoms with Crippen molar-refractivity contribution in [1.29, 1.82) is 5.26 Å². The SMILES string of the molecule is CC1(c2cc(NC3CCc4cc(C#N)cnc43)ccc2F)N=C(N)OCC1(F)F. The van der Waals surface area contributed by atoms with Gasteiger partial charge in [-0.15, -0.1) is 0 Å². The summed E-state index contributed by atoms with van der Waals surface area (Å²) in [6.45, 7) is 0.164. The van der Waals surface area contributed by atoms with Gasteiger partial charge >= 0.3 is 5.92 Å². The fraction of sp³-hybridized carbons (Fsp3) is 0.350. The van der Waals surface area contributed by atoms with Gasteiger partial charge in [0.2, 0.25) is 0 Å². The molecule has 0 saturated carbocycles. The number of nitriles is 1. The van der Waals surface area contributed by atoms with E-state index in [4.69, 9.17) is 11.0 Å². The fourth-order valence-corrected chi connectivity index (χ4v) is 3.76.